The first-order valence-corrected chi connectivity index (χ1v) is 9.75. The molecule has 142 valence electrons. The number of aromatic amines is 1. The third-order valence-corrected chi connectivity index (χ3v) is 5.78. The van der Waals surface area contributed by atoms with Gasteiger partial charge in [0.05, 0.1) is 33.5 Å². The van der Waals surface area contributed by atoms with Gasteiger partial charge in [0.1, 0.15) is 4.83 Å². The Balaban J connectivity index is 1.50. The van der Waals surface area contributed by atoms with Crippen molar-refractivity contribution in [2.75, 3.05) is 5.32 Å². The second kappa shape index (κ2) is 6.68. The molecule has 3 aromatic heterocycles. The lowest BCUT2D eigenvalue weighted by atomic mass is 10.2. The molecule has 5 rings (SSSR count). The summed E-state index contributed by atoms with van der Waals surface area (Å²) < 4.78 is 1.85. The number of carbonyl (C=O) groups excluding carboxylic acids is 1. The Labute approximate surface area is 168 Å². The van der Waals surface area contributed by atoms with Gasteiger partial charge >= 0.3 is 0 Å². The molecule has 0 atom stereocenters. The molecule has 0 saturated carbocycles. The van der Waals surface area contributed by atoms with Crippen molar-refractivity contribution in [2.24, 2.45) is 0 Å². The molecule has 0 aliphatic heterocycles. The lowest BCUT2D eigenvalue weighted by molar-refractivity contribution is 0.103. The number of anilines is 1. The molecule has 7 nitrogen and oxygen atoms in total. The van der Waals surface area contributed by atoms with Crippen LogP contribution in [0, 0.1) is 6.92 Å². The van der Waals surface area contributed by atoms with Gasteiger partial charge in [-0.15, -0.1) is 11.3 Å². The van der Waals surface area contributed by atoms with Crippen LogP contribution in [0.2, 0.25) is 0 Å². The zero-order chi connectivity index (χ0) is 20.0. The van der Waals surface area contributed by atoms with Crippen molar-refractivity contribution in [1.82, 2.24) is 19.7 Å². The minimum absolute atomic E-state index is 0.232. The van der Waals surface area contributed by atoms with Gasteiger partial charge in [-0.25, -0.2) is 9.67 Å². The smallest absolute Gasteiger partial charge is 0.265 e. The van der Waals surface area contributed by atoms with Crippen LogP contribution < -0.4 is 10.9 Å². The van der Waals surface area contributed by atoms with Crippen molar-refractivity contribution in [2.45, 2.75) is 6.92 Å². The molecule has 0 bridgehead atoms. The van der Waals surface area contributed by atoms with Crippen LogP contribution in [0.25, 0.3) is 26.8 Å². The lowest BCUT2D eigenvalue weighted by Crippen LogP contribution is -2.11. The minimum atomic E-state index is -0.244. The maximum Gasteiger partial charge on any atom is 0.265 e. The quantitative estimate of drug-likeness (QED) is 0.480. The molecule has 2 N–H and O–H groups in total. The molecule has 0 aliphatic rings. The van der Waals surface area contributed by atoms with E-state index in [1.807, 2.05) is 48.0 Å². The fourth-order valence-electron chi connectivity index (χ4n) is 3.24. The number of rotatable bonds is 3. The molecule has 0 spiro atoms. The average Bonchev–Trinajstić information content (AvgIpc) is 3.30. The van der Waals surface area contributed by atoms with Gasteiger partial charge < -0.3 is 10.3 Å². The molecule has 2 aromatic carbocycles. The number of nitrogens with one attached hydrogen (secondary N) is 2. The normalized spacial score (nSPS) is 11.2. The number of H-pyrrole nitrogens is 1. The number of hydrogen-bond donors (Lipinski definition) is 2. The standard InChI is InChI=1S/C21H15N5O2S/c1-12-15-10-18(29-21(15)26(25-12)14-5-3-2-4-6-14)20(28)24-13-7-8-17-16(9-13)19(27)23-11-22-17/h2-11H,1H3,(H,24,28)(H,22,23,27). The van der Waals surface area contributed by atoms with Gasteiger partial charge in [0.25, 0.3) is 11.5 Å². The maximum absolute atomic E-state index is 12.8. The molecular weight excluding hydrogens is 386 g/mol. The average molecular weight is 401 g/mol. The molecule has 3 heterocycles. The molecule has 8 heteroatoms. The second-order valence-corrected chi connectivity index (χ2v) is 7.61. The van der Waals surface area contributed by atoms with E-state index in [0.29, 0.717) is 21.5 Å². The van der Waals surface area contributed by atoms with E-state index in [9.17, 15) is 9.59 Å². The highest BCUT2D eigenvalue weighted by Crippen LogP contribution is 2.31. The van der Waals surface area contributed by atoms with E-state index in [0.717, 1.165) is 21.6 Å². The Kier molecular flexibility index (Phi) is 3.99. The van der Waals surface area contributed by atoms with Crippen LogP contribution in [-0.2, 0) is 0 Å². The van der Waals surface area contributed by atoms with Crippen LogP contribution in [0.1, 0.15) is 15.4 Å². The van der Waals surface area contributed by atoms with Crippen molar-refractivity contribution in [1.29, 1.82) is 0 Å². The monoisotopic (exact) mass is 401 g/mol. The summed E-state index contributed by atoms with van der Waals surface area (Å²) >= 11 is 1.38. The van der Waals surface area contributed by atoms with Crippen LogP contribution in [0.4, 0.5) is 5.69 Å². The fraction of sp³-hybridized carbons (Fsp3) is 0.0476. The molecule has 0 aliphatic carbocycles. The third-order valence-electron chi connectivity index (χ3n) is 4.67. The molecule has 0 fully saturated rings. The minimum Gasteiger partial charge on any atom is -0.321 e. The zero-order valence-corrected chi connectivity index (χ0v) is 16.2. The van der Waals surface area contributed by atoms with E-state index in [-0.39, 0.29) is 11.5 Å². The van der Waals surface area contributed by atoms with E-state index in [2.05, 4.69) is 20.4 Å². The van der Waals surface area contributed by atoms with Crippen molar-refractivity contribution >= 4 is 44.1 Å². The second-order valence-electron chi connectivity index (χ2n) is 6.58. The summed E-state index contributed by atoms with van der Waals surface area (Å²) in [5.74, 6) is -0.232. The van der Waals surface area contributed by atoms with Crippen molar-refractivity contribution in [3.8, 4) is 5.69 Å². The van der Waals surface area contributed by atoms with E-state index < -0.39 is 0 Å². The van der Waals surface area contributed by atoms with Crippen molar-refractivity contribution in [3.63, 3.8) is 0 Å². The van der Waals surface area contributed by atoms with Gasteiger partial charge in [-0.2, -0.15) is 5.10 Å². The number of carbonyl (C=O) groups is 1. The van der Waals surface area contributed by atoms with Crippen LogP contribution in [0.15, 0.2) is 65.7 Å². The maximum atomic E-state index is 12.8. The van der Waals surface area contributed by atoms with Crippen LogP contribution in [0.5, 0.6) is 0 Å². The Bertz CT molecular complexity index is 1430. The number of thiophene rings is 1. The van der Waals surface area contributed by atoms with Crippen LogP contribution >= 0.6 is 11.3 Å². The van der Waals surface area contributed by atoms with Crippen LogP contribution in [0.3, 0.4) is 0 Å². The summed E-state index contributed by atoms with van der Waals surface area (Å²) in [5, 5.41) is 8.84. The lowest BCUT2D eigenvalue weighted by Gasteiger charge is -2.05. The first-order valence-electron chi connectivity index (χ1n) is 8.93. The topological polar surface area (TPSA) is 92.7 Å². The van der Waals surface area contributed by atoms with Crippen LogP contribution in [-0.4, -0.2) is 25.7 Å². The highest BCUT2D eigenvalue weighted by molar-refractivity contribution is 7.20. The first kappa shape index (κ1) is 17.3. The number of aryl methyl sites for hydroxylation is 1. The number of benzene rings is 2. The van der Waals surface area contributed by atoms with Crippen molar-refractivity contribution < 1.29 is 4.79 Å². The molecular formula is C21H15N5O2S. The summed E-state index contributed by atoms with van der Waals surface area (Å²) in [6.07, 6.45) is 1.36. The summed E-state index contributed by atoms with van der Waals surface area (Å²) in [5.41, 5.74) is 2.68. The highest BCUT2D eigenvalue weighted by Gasteiger charge is 2.17. The van der Waals surface area contributed by atoms with Gasteiger partial charge in [-0.3, -0.25) is 9.59 Å². The predicted octanol–water partition coefficient (Wildman–Crippen LogP) is 3.88. The first-order chi connectivity index (χ1) is 14.1. The molecule has 0 radical (unpaired) electrons. The Morgan fingerprint density at radius 1 is 1.10 bits per heavy atom. The summed E-state index contributed by atoms with van der Waals surface area (Å²) in [7, 11) is 0. The van der Waals surface area contributed by atoms with Crippen molar-refractivity contribution in [3.05, 3.63) is 81.8 Å². The Morgan fingerprint density at radius 2 is 1.93 bits per heavy atom. The molecule has 0 saturated heterocycles. The number of nitrogens with zero attached hydrogens (tertiary/aromatic N) is 3. The Hall–Kier alpha value is -3.78. The van der Waals surface area contributed by atoms with E-state index in [1.54, 1.807) is 18.2 Å². The van der Waals surface area contributed by atoms with E-state index in [1.165, 1.54) is 17.7 Å². The Morgan fingerprint density at radius 3 is 2.76 bits per heavy atom. The van der Waals surface area contributed by atoms with Gasteiger partial charge in [0, 0.05) is 11.1 Å². The van der Waals surface area contributed by atoms with E-state index >= 15 is 0 Å². The number of amides is 1. The van der Waals surface area contributed by atoms with Gasteiger partial charge in [0.15, 0.2) is 0 Å². The van der Waals surface area contributed by atoms with Gasteiger partial charge in [0.2, 0.25) is 0 Å². The number of hydrogen-bond acceptors (Lipinski definition) is 5. The van der Waals surface area contributed by atoms with E-state index in [4.69, 9.17) is 0 Å². The highest BCUT2D eigenvalue weighted by atomic mass is 32.1. The predicted molar refractivity (Wildman–Crippen MR) is 114 cm³/mol. The molecule has 5 aromatic rings. The molecule has 29 heavy (non-hydrogen) atoms. The summed E-state index contributed by atoms with van der Waals surface area (Å²) in [6.45, 7) is 1.93. The van der Waals surface area contributed by atoms with Gasteiger partial charge in [-0.1, -0.05) is 18.2 Å². The number of para-hydroxylation sites is 1. The number of fused-ring (bicyclic) bond motifs is 2. The number of aromatic nitrogens is 4. The van der Waals surface area contributed by atoms with Gasteiger partial charge in [-0.05, 0) is 43.3 Å². The summed E-state index contributed by atoms with van der Waals surface area (Å²) in [4.78, 5) is 32.9. The molecule has 1 amide bonds. The summed E-state index contributed by atoms with van der Waals surface area (Å²) in [6, 6.07) is 16.7. The zero-order valence-electron chi connectivity index (χ0n) is 15.3. The third kappa shape index (κ3) is 2.99. The molecule has 0 unspecified atom stereocenters. The SMILES string of the molecule is Cc1nn(-c2ccccc2)c2sc(C(=O)Nc3ccc4nc[nH]c(=O)c4c3)cc12. The largest absolute Gasteiger partial charge is 0.321 e. The fourth-order valence-corrected chi connectivity index (χ4v) is 4.32.